The summed E-state index contributed by atoms with van der Waals surface area (Å²) in [6.07, 6.45) is 7.32. The highest BCUT2D eigenvalue weighted by Crippen LogP contribution is 2.27. The van der Waals surface area contributed by atoms with Gasteiger partial charge in [0, 0.05) is 18.8 Å². The van der Waals surface area contributed by atoms with Crippen LogP contribution in [0.5, 0.6) is 0 Å². The smallest absolute Gasteiger partial charge is 0.333 e. The van der Waals surface area contributed by atoms with Crippen LogP contribution < -0.4 is 0 Å². The molecule has 0 spiro atoms. The van der Waals surface area contributed by atoms with Crippen molar-refractivity contribution in [2.24, 2.45) is 5.41 Å². The Hall–Kier alpha value is -2.00. The van der Waals surface area contributed by atoms with Crippen molar-refractivity contribution >= 4 is 11.9 Å². The summed E-state index contributed by atoms with van der Waals surface area (Å²) >= 11 is 0. The van der Waals surface area contributed by atoms with Crippen LogP contribution in [0.4, 0.5) is 0 Å². The average Bonchev–Trinajstić information content (AvgIpc) is 2.79. The number of aliphatic hydroxyl groups is 2. The first-order valence-electron chi connectivity index (χ1n) is 11.9. The molecule has 8 nitrogen and oxygen atoms in total. The van der Waals surface area contributed by atoms with Gasteiger partial charge in [0.1, 0.15) is 25.4 Å². The maximum Gasteiger partial charge on any atom is 0.333 e. The lowest BCUT2D eigenvalue weighted by Gasteiger charge is -2.24. The quantitative estimate of drug-likeness (QED) is 0.104. The number of esters is 2. The summed E-state index contributed by atoms with van der Waals surface area (Å²) in [7, 11) is 0. The third kappa shape index (κ3) is 16.6. The van der Waals surface area contributed by atoms with Crippen molar-refractivity contribution in [2.45, 2.75) is 71.0 Å². The highest BCUT2D eigenvalue weighted by atomic mass is 16.6. The zero-order valence-electron chi connectivity index (χ0n) is 21.0. The number of rotatable bonds is 22. The van der Waals surface area contributed by atoms with Gasteiger partial charge in [-0.25, -0.2) is 4.79 Å². The van der Waals surface area contributed by atoms with E-state index < -0.39 is 29.6 Å². The maximum atomic E-state index is 12.4. The summed E-state index contributed by atoms with van der Waals surface area (Å²) < 4.78 is 21.0. The number of ether oxygens (including phenoxy) is 4. The molecule has 0 rings (SSSR count). The molecule has 0 fully saturated rings. The molecule has 2 N–H and O–H groups in total. The van der Waals surface area contributed by atoms with Crippen molar-refractivity contribution < 1.29 is 38.7 Å². The third-order valence-electron chi connectivity index (χ3n) is 4.82. The van der Waals surface area contributed by atoms with Crippen molar-refractivity contribution in [1.82, 2.24) is 0 Å². The molecule has 0 amide bonds. The molecule has 8 heteroatoms. The number of hydrogen-bond donors (Lipinski definition) is 2. The van der Waals surface area contributed by atoms with E-state index in [1.54, 1.807) is 13.8 Å². The molecule has 0 bridgehead atoms. The molecular weight excluding hydrogens is 440 g/mol. The highest BCUT2D eigenvalue weighted by molar-refractivity contribution is 5.89. The second-order valence-corrected chi connectivity index (χ2v) is 8.89. The van der Waals surface area contributed by atoms with Crippen LogP contribution in [0, 0.1) is 5.41 Å². The predicted molar refractivity (Wildman–Crippen MR) is 131 cm³/mol. The Morgan fingerprint density at radius 2 is 1.29 bits per heavy atom. The molecule has 2 atom stereocenters. The van der Waals surface area contributed by atoms with E-state index in [0.29, 0.717) is 13.2 Å². The summed E-state index contributed by atoms with van der Waals surface area (Å²) in [5.74, 6) is -1.27. The maximum absolute atomic E-state index is 12.4. The summed E-state index contributed by atoms with van der Waals surface area (Å²) in [6.45, 7) is 15.0. The molecule has 196 valence electrons. The van der Waals surface area contributed by atoms with Gasteiger partial charge in [-0.05, 0) is 58.8 Å². The van der Waals surface area contributed by atoms with Crippen LogP contribution in [0.1, 0.15) is 58.8 Å². The van der Waals surface area contributed by atoms with Crippen molar-refractivity contribution in [1.29, 1.82) is 0 Å². The molecule has 0 saturated heterocycles. The first-order chi connectivity index (χ1) is 16.1. The zero-order valence-corrected chi connectivity index (χ0v) is 21.0. The number of unbranched alkanes of at least 4 members (excludes halogenated alkanes) is 4. The number of carbonyl (C=O) groups is 2. The van der Waals surface area contributed by atoms with Gasteiger partial charge < -0.3 is 29.2 Å². The Morgan fingerprint density at radius 1 is 0.824 bits per heavy atom. The largest absolute Gasteiger partial charge is 0.462 e. The Balaban J connectivity index is 4.15. The fourth-order valence-corrected chi connectivity index (χ4v) is 2.84. The molecule has 2 unspecified atom stereocenters. The molecule has 0 aliphatic carbocycles. The minimum absolute atomic E-state index is 0.0104. The zero-order chi connectivity index (χ0) is 25.8. The van der Waals surface area contributed by atoms with Crippen LogP contribution in [-0.2, 0) is 28.5 Å². The molecule has 0 radical (unpaired) electrons. The Morgan fingerprint density at radius 3 is 1.76 bits per heavy atom. The average molecular weight is 485 g/mol. The number of hydrogen-bond acceptors (Lipinski definition) is 8. The highest BCUT2D eigenvalue weighted by Gasteiger charge is 2.32. The topological polar surface area (TPSA) is 112 Å². The van der Waals surface area contributed by atoms with Gasteiger partial charge in [0.05, 0.1) is 18.6 Å². The van der Waals surface area contributed by atoms with E-state index in [1.165, 1.54) is 0 Å². The minimum atomic E-state index is -1.05. The fraction of sp³-hybridized carbons (Fsp3) is 0.692. The molecule has 0 aliphatic rings. The van der Waals surface area contributed by atoms with Crippen molar-refractivity contribution in [3.63, 3.8) is 0 Å². The van der Waals surface area contributed by atoms with Gasteiger partial charge in [0.2, 0.25) is 0 Å². The van der Waals surface area contributed by atoms with Crippen LogP contribution in [0.15, 0.2) is 37.5 Å². The first kappa shape index (κ1) is 32.0. The molecule has 0 aromatic carbocycles. The molecule has 0 saturated carbocycles. The summed E-state index contributed by atoms with van der Waals surface area (Å²) in [4.78, 5) is 24.6. The third-order valence-corrected chi connectivity index (χ3v) is 4.82. The van der Waals surface area contributed by atoms with E-state index in [-0.39, 0.29) is 38.4 Å². The monoisotopic (exact) mass is 484 g/mol. The van der Waals surface area contributed by atoms with E-state index in [9.17, 15) is 19.8 Å². The predicted octanol–water partition coefficient (Wildman–Crippen LogP) is 3.51. The van der Waals surface area contributed by atoms with E-state index in [2.05, 4.69) is 19.7 Å². The van der Waals surface area contributed by atoms with Gasteiger partial charge in [-0.2, -0.15) is 0 Å². The SMILES string of the molecule is C=CCCCCOCC(O)COC(=O)C(=C)CC(C)(C)C(=O)OCC(O)COCCCCC=C. The Kier molecular flexibility index (Phi) is 18.2. The van der Waals surface area contributed by atoms with Gasteiger partial charge in [-0.3, -0.25) is 4.79 Å². The van der Waals surface area contributed by atoms with Gasteiger partial charge in [-0.15, -0.1) is 13.2 Å². The van der Waals surface area contributed by atoms with E-state index in [4.69, 9.17) is 18.9 Å². The number of allylic oxidation sites excluding steroid dienone is 2. The molecule has 34 heavy (non-hydrogen) atoms. The second-order valence-electron chi connectivity index (χ2n) is 8.89. The first-order valence-corrected chi connectivity index (χ1v) is 11.9. The van der Waals surface area contributed by atoms with E-state index >= 15 is 0 Å². The van der Waals surface area contributed by atoms with Crippen LogP contribution in [0.2, 0.25) is 0 Å². The molecular formula is C26H44O8. The molecule has 0 heterocycles. The van der Waals surface area contributed by atoms with Crippen molar-refractivity contribution in [3.8, 4) is 0 Å². The number of carbonyl (C=O) groups excluding carboxylic acids is 2. The molecule has 0 aliphatic heterocycles. The van der Waals surface area contributed by atoms with Gasteiger partial charge in [0.15, 0.2) is 0 Å². The van der Waals surface area contributed by atoms with Gasteiger partial charge in [0.25, 0.3) is 0 Å². The van der Waals surface area contributed by atoms with E-state index in [0.717, 1.165) is 38.5 Å². The summed E-state index contributed by atoms with van der Waals surface area (Å²) in [6, 6.07) is 0. The van der Waals surface area contributed by atoms with Gasteiger partial charge in [-0.1, -0.05) is 18.7 Å². The summed E-state index contributed by atoms with van der Waals surface area (Å²) in [5.41, 5.74) is -0.961. The lowest BCUT2D eigenvalue weighted by Crippen LogP contribution is -2.32. The fourth-order valence-electron chi connectivity index (χ4n) is 2.84. The van der Waals surface area contributed by atoms with Crippen LogP contribution in [0.25, 0.3) is 0 Å². The van der Waals surface area contributed by atoms with Crippen molar-refractivity contribution in [2.75, 3.05) is 39.6 Å². The minimum Gasteiger partial charge on any atom is -0.462 e. The number of aliphatic hydroxyl groups excluding tert-OH is 2. The van der Waals surface area contributed by atoms with Gasteiger partial charge >= 0.3 is 11.9 Å². The Labute approximate surface area is 204 Å². The van der Waals surface area contributed by atoms with Crippen LogP contribution in [-0.4, -0.2) is 74.0 Å². The van der Waals surface area contributed by atoms with Crippen molar-refractivity contribution in [3.05, 3.63) is 37.5 Å². The lowest BCUT2D eigenvalue weighted by atomic mass is 9.86. The standard InChI is InChI=1S/C26H44O8/c1-6-8-10-12-14-31-17-22(27)19-33-24(29)21(3)16-26(4,5)25(30)34-20-23(28)18-32-15-13-11-9-7-2/h6-7,22-23,27-28H,1-3,8-20H2,4-5H3. The second kappa shape index (κ2) is 19.3. The lowest BCUT2D eigenvalue weighted by molar-refractivity contribution is -0.158. The van der Waals surface area contributed by atoms with E-state index in [1.807, 2.05) is 12.2 Å². The summed E-state index contributed by atoms with van der Waals surface area (Å²) in [5, 5.41) is 19.8. The normalized spacial score (nSPS) is 13.1. The molecule has 0 aromatic rings. The Bertz CT molecular complexity index is 614. The molecule has 0 aromatic heterocycles. The van der Waals surface area contributed by atoms with Crippen LogP contribution in [0.3, 0.4) is 0 Å². The van der Waals surface area contributed by atoms with Crippen LogP contribution >= 0.6 is 0 Å².